The van der Waals surface area contributed by atoms with E-state index in [1.54, 1.807) is 6.07 Å². The summed E-state index contributed by atoms with van der Waals surface area (Å²) < 4.78 is 0. The van der Waals surface area contributed by atoms with E-state index < -0.39 is 0 Å². The molecule has 0 bridgehead atoms. The van der Waals surface area contributed by atoms with E-state index in [-0.39, 0.29) is 5.91 Å². The minimum Gasteiger partial charge on any atom is -0.324 e. The van der Waals surface area contributed by atoms with E-state index in [2.05, 4.69) is 24.4 Å². The fraction of sp³-hybridized carbons (Fsp3) is 0.278. The Labute approximate surface area is 136 Å². The van der Waals surface area contributed by atoms with Crippen molar-refractivity contribution in [2.45, 2.75) is 20.4 Å². The Hall–Kier alpha value is -1.84. The molecule has 3 nitrogen and oxygen atoms in total. The Morgan fingerprint density at radius 3 is 2.59 bits per heavy atom. The molecule has 0 heterocycles. The van der Waals surface area contributed by atoms with Crippen LogP contribution in [0.25, 0.3) is 0 Å². The first-order valence-corrected chi connectivity index (χ1v) is 7.89. The monoisotopic (exact) mass is 317 g/mol. The lowest BCUT2D eigenvalue weighted by molar-refractivity contribution is -0.903. The first-order valence-electron chi connectivity index (χ1n) is 7.52. The van der Waals surface area contributed by atoms with Crippen LogP contribution in [-0.4, -0.2) is 19.0 Å². The van der Waals surface area contributed by atoms with Crippen molar-refractivity contribution >= 4 is 23.2 Å². The van der Waals surface area contributed by atoms with E-state index in [1.165, 1.54) is 10.5 Å². The van der Waals surface area contributed by atoms with Crippen molar-refractivity contribution in [3.63, 3.8) is 0 Å². The summed E-state index contributed by atoms with van der Waals surface area (Å²) in [7, 11) is 0. The maximum absolute atomic E-state index is 12.3. The molecule has 2 aromatic rings. The molecule has 0 aliphatic rings. The SMILES string of the molecule is CC[NH+](CC(=O)Nc1cc(Cl)ccc1C)Cc1ccccc1. The third-order valence-corrected chi connectivity index (χ3v) is 3.92. The maximum atomic E-state index is 12.3. The van der Waals surface area contributed by atoms with Gasteiger partial charge < -0.3 is 10.2 Å². The van der Waals surface area contributed by atoms with Crippen LogP contribution < -0.4 is 10.2 Å². The van der Waals surface area contributed by atoms with Crippen molar-refractivity contribution in [3.8, 4) is 0 Å². The second kappa shape index (κ2) is 7.97. The largest absolute Gasteiger partial charge is 0.324 e. The maximum Gasteiger partial charge on any atom is 0.279 e. The van der Waals surface area contributed by atoms with Crippen LogP contribution in [0.4, 0.5) is 5.69 Å². The molecule has 0 aliphatic carbocycles. The van der Waals surface area contributed by atoms with Crippen LogP contribution >= 0.6 is 11.6 Å². The summed E-state index contributed by atoms with van der Waals surface area (Å²) in [5.41, 5.74) is 3.04. The Bertz CT molecular complexity index is 628. The summed E-state index contributed by atoms with van der Waals surface area (Å²) in [5, 5.41) is 3.59. The van der Waals surface area contributed by atoms with Gasteiger partial charge >= 0.3 is 0 Å². The van der Waals surface area contributed by atoms with E-state index >= 15 is 0 Å². The topological polar surface area (TPSA) is 33.5 Å². The highest BCUT2D eigenvalue weighted by Crippen LogP contribution is 2.19. The van der Waals surface area contributed by atoms with Gasteiger partial charge in [-0.1, -0.05) is 48.0 Å². The van der Waals surface area contributed by atoms with Crippen LogP contribution in [0.5, 0.6) is 0 Å². The number of rotatable bonds is 6. The summed E-state index contributed by atoms with van der Waals surface area (Å²) >= 11 is 5.98. The number of quaternary nitrogens is 1. The highest BCUT2D eigenvalue weighted by Gasteiger charge is 2.14. The molecule has 0 aromatic heterocycles. The van der Waals surface area contributed by atoms with Gasteiger partial charge in [0.15, 0.2) is 6.54 Å². The number of anilines is 1. The standard InChI is InChI=1S/C18H21ClN2O/c1-3-21(12-15-7-5-4-6-8-15)13-18(22)20-17-11-16(19)10-9-14(17)2/h4-11H,3,12-13H2,1-2H3,(H,20,22)/p+1. The van der Waals surface area contributed by atoms with E-state index in [4.69, 9.17) is 11.6 Å². The van der Waals surface area contributed by atoms with Crippen LogP contribution in [0.2, 0.25) is 5.02 Å². The van der Waals surface area contributed by atoms with Gasteiger partial charge in [-0.05, 0) is 31.5 Å². The van der Waals surface area contributed by atoms with Crippen molar-refractivity contribution < 1.29 is 9.69 Å². The van der Waals surface area contributed by atoms with Crippen LogP contribution in [0, 0.1) is 6.92 Å². The number of halogens is 1. The highest BCUT2D eigenvalue weighted by atomic mass is 35.5. The summed E-state index contributed by atoms with van der Waals surface area (Å²) in [5.74, 6) is 0.0122. The number of carbonyl (C=O) groups excluding carboxylic acids is 1. The third-order valence-electron chi connectivity index (χ3n) is 3.68. The molecule has 4 heteroatoms. The quantitative estimate of drug-likeness (QED) is 0.844. The van der Waals surface area contributed by atoms with Crippen LogP contribution in [0.3, 0.4) is 0 Å². The molecule has 0 spiro atoms. The van der Waals surface area contributed by atoms with E-state index in [0.717, 1.165) is 24.3 Å². The number of benzene rings is 2. The van der Waals surface area contributed by atoms with E-state index in [9.17, 15) is 4.79 Å². The number of amides is 1. The lowest BCUT2D eigenvalue weighted by atomic mass is 10.2. The van der Waals surface area contributed by atoms with Gasteiger partial charge in [-0.3, -0.25) is 4.79 Å². The molecule has 0 saturated heterocycles. The minimum atomic E-state index is 0.0122. The van der Waals surface area contributed by atoms with Crippen molar-refractivity contribution in [3.05, 3.63) is 64.7 Å². The molecule has 0 aliphatic heterocycles. The molecule has 0 fully saturated rings. The Morgan fingerprint density at radius 1 is 1.18 bits per heavy atom. The second-order valence-electron chi connectivity index (χ2n) is 5.45. The second-order valence-corrected chi connectivity index (χ2v) is 5.89. The third kappa shape index (κ3) is 4.86. The Morgan fingerprint density at radius 2 is 1.91 bits per heavy atom. The molecule has 2 rings (SSSR count). The molecule has 116 valence electrons. The molecule has 1 unspecified atom stereocenters. The van der Waals surface area contributed by atoms with E-state index in [0.29, 0.717) is 11.6 Å². The molecule has 22 heavy (non-hydrogen) atoms. The number of aryl methyl sites for hydroxylation is 1. The normalized spacial score (nSPS) is 12.0. The first-order chi connectivity index (χ1) is 10.6. The summed E-state index contributed by atoms with van der Waals surface area (Å²) in [6, 6.07) is 15.8. The van der Waals surface area contributed by atoms with Crippen molar-refractivity contribution in [2.75, 3.05) is 18.4 Å². The predicted molar refractivity (Wildman–Crippen MR) is 91.3 cm³/mol. The zero-order chi connectivity index (χ0) is 15.9. The van der Waals surface area contributed by atoms with Crippen LogP contribution in [0.15, 0.2) is 48.5 Å². The molecule has 0 saturated carbocycles. The van der Waals surface area contributed by atoms with Crippen molar-refractivity contribution in [2.24, 2.45) is 0 Å². The fourth-order valence-electron chi connectivity index (χ4n) is 2.35. The average molecular weight is 318 g/mol. The zero-order valence-corrected chi connectivity index (χ0v) is 13.8. The van der Waals surface area contributed by atoms with Crippen LogP contribution in [-0.2, 0) is 11.3 Å². The van der Waals surface area contributed by atoms with Gasteiger partial charge in [-0.25, -0.2) is 0 Å². The average Bonchev–Trinajstić information content (AvgIpc) is 2.51. The molecular weight excluding hydrogens is 296 g/mol. The predicted octanol–water partition coefficient (Wildman–Crippen LogP) is 2.69. The molecule has 2 aromatic carbocycles. The summed E-state index contributed by atoms with van der Waals surface area (Å²) in [4.78, 5) is 13.5. The van der Waals surface area contributed by atoms with Gasteiger partial charge in [-0.2, -0.15) is 0 Å². The molecule has 1 amide bonds. The van der Waals surface area contributed by atoms with Gasteiger partial charge in [0.05, 0.1) is 6.54 Å². The van der Waals surface area contributed by atoms with Gasteiger partial charge in [0.2, 0.25) is 0 Å². The van der Waals surface area contributed by atoms with Gasteiger partial charge in [-0.15, -0.1) is 0 Å². The number of hydrogen-bond donors (Lipinski definition) is 2. The molecule has 0 radical (unpaired) electrons. The summed E-state index contributed by atoms with van der Waals surface area (Å²) in [6.07, 6.45) is 0. The Kier molecular flexibility index (Phi) is 5.99. The fourth-order valence-corrected chi connectivity index (χ4v) is 2.52. The summed E-state index contributed by atoms with van der Waals surface area (Å²) in [6.45, 7) is 6.24. The number of carbonyl (C=O) groups is 1. The number of likely N-dealkylation sites (N-methyl/N-ethyl adjacent to an activating group) is 1. The van der Waals surface area contributed by atoms with Crippen molar-refractivity contribution in [1.29, 1.82) is 0 Å². The minimum absolute atomic E-state index is 0.0122. The van der Waals surface area contributed by atoms with Crippen molar-refractivity contribution in [1.82, 2.24) is 0 Å². The zero-order valence-electron chi connectivity index (χ0n) is 13.0. The molecule has 1 atom stereocenters. The highest BCUT2D eigenvalue weighted by molar-refractivity contribution is 6.31. The number of hydrogen-bond acceptors (Lipinski definition) is 1. The smallest absolute Gasteiger partial charge is 0.279 e. The Balaban J connectivity index is 1.96. The van der Waals surface area contributed by atoms with Crippen LogP contribution in [0.1, 0.15) is 18.1 Å². The van der Waals surface area contributed by atoms with E-state index in [1.807, 2.05) is 37.3 Å². The lowest BCUT2D eigenvalue weighted by Gasteiger charge is -2.18. The first kappa shape index (κ1) is 16.5. The van der Waals surface area contributed by atoms with Gasteiger partial charge in [0.25, 0.3) is 5.91 Å². The molecule has 2 N–H and O–H groups in total. The van der Waals surface area contributed by atoms with Gasteiger partial charge in [0, 0.05) is 16.3 Å². The van der Waals surface area contributed by atoms with Gasteiger partial charge in [0.1, 0.15) is 6.54 Å². The lowest BCUT2D eigenvalue weighted by Crippen LogP contribution is -3.11. The molecular formula is C18H22ClN2O+. The number of nitrogens with one attached hydrogen (secondary N) is 2.